The first-order valence-electron chi connectivity index (χ1n) is 26.9. The molecule has 2 aliphatic rings. The Morgan fingerprint density at radius 3 is 1.40 bits per heavy atom. The molecule has 0 spiro atoms. The molecule has 15 heteroatoms. The monoisotopic (exact) mass is 973 g/mol. The summed E-state index contributed by atoms with van der Waals surface area (Å²) in [6, 6.07) is 0. The van der Waals surface area contributed by atoms with Gasteiger partial charge in [-0.1, -0.05) is 173 Å². The molecule has 0 bridgehead atoms. The van der Waals surface area contributed by atoms with E-state index in [9.17, 15) is 45.3 Å². The summed E-state index contributed by atoms with van der Waals surface area (Å²) in [5, 5.41) is 72.1. The first-order chi connectivity index (χ1) is 33.0. The molecule has 0 radical (unpaired) electrons. The molecule has 0 aromatic rings. The predicted molar refractivity (Wildman–Crippen MR) is 261 cm³/mol. The Morgan fingerprint density at radius 2 is 0.882 bits per heavy atom. The van der Waals surface area contributed by atoms with E-state index in [0.29, 0.717) is 12.8 Å². The number of carbonyl (C=O) groups is 2. The molecule has 0 aromatic heterocycles. The number of carbonyl (C=O) groups excluding carboxylic acids is 2. The van der Waals surface area contributed by atoms with Crippen LogP contribution in [0.15, 0.2) is 24.3 Å². The SMILES string of the molecule is CCCCC/C=C\C/C=C\CCCCCCCC(=O)OC(COC(=O)CCCCCCCCCCCCCCCCCCC)COC1OC(COC2OC(CO)C(O)C(O)C2O)C(O)C(O)C1O. The Morgan fingerprint density at radius 1 is 0.471 bits per heavy atom. The van der Waals surface area contributed by atoms with Gasteiger partial charge in [0.2, 0.25) is 0 Å². The fourth-order valence-electron chi connectivity index (χ4n) is 8.48. The number of aliphatic hydroxyl groups excluding tert-OH is 7. The summed E-state index contributed by atoms with van der Waals surface area (Å²) in [4.78, 5) is 25.8. The highest BCUT2D eigenvalue weighted by Crippen LogP contribution is 2.26. The molecule has 11 atom stereocenters. The number of unbranched alkanes of at least 4 members (excludes halogenated alkanes) is 24. The minimum atomic E-state index is -1.77. The highest BCUT2D eigenvalue weighted by atomic mass is 16.7. The molecule has 0 aromatic carbocycles. The molecule has 398 valence electrons. The van der Waals surface area contributed by atoms with E-state index in [1.807, 2.05) is 0 Å². The molecule has 11 unspecified atom stereocenters. The van der Waals surface area contributed by atoms with Crippen LogP contribution in [0.4, 0.5) is 0 Å². The predicted octanol–water partition coefficient (Wildman–Crippen LogP) is 7.94. The van der Waals surface area contributed by atoms with E-state index in [1.165, 1.54) is 103 Å². The maximum absolute atomic E-state index is 13.0. The van der Waals surface area contributed by atoms with Gasteiger partial charge >= 0.3 is 11.9 Å². The van der Waals surface area contributed by atoms with Crippen molar-refractivity contribution in [3.63, 3.8) is 0 Å². The molecular weight excluding hydrogens is 877 g/mol. The van der Waals surface area contributed by atoms with E-state index in [-0.39, 0.29) is 26.1 Å². The zero-order chi connectivity index (χ0) is 49.6. The van der Waals surface area contributed by atoms with Crippen LogP contribution in [0.25, 0.3) is 0 Å². The van der Waals surface area contributed by atoms with Gasteiger partial charge in [0.25, 0.3) is 0 Å². The second-order valence-corrected chi connectivity index (χ2v) is 19.1. The Balaban J connectivity index is 1.79. The Bertz CT molecular complexity index is 1280. The van der Waals surface area contributed by atoms with Crippen LogP contribution in [-0.4, -0.2) is 142 Å². The molecular formula is C53H96O15. The van der Waals surface area contributed by atoms with E-state index in [2.05, 4.69) is 38.2 Å². The fraction of sp³-hybridized carbons (Fsp3) is 0.887. The van der Waals surface area contributed by atoms with Crippen molar-refractivity contribution >= 4 is 11.9 Å². The van der Waals surface area contributed by atoms with E-state index in [1.54, 1.807) is 0 Å². The molecule has 68 heavy (non-hydrogen) atoms. The summed E-state index contributed by atoms with van der Waals surface area (Å²) in [7, 11) is 0. The van der Waals surface area contributed by atoms with Crippen LogP contribution in [0.2, 0.25) is 0 Å². The third-order valence-corrected chi connectivity index (χ3v) is 12.9. The number of allylic oxidation sites excluding steroid dienone is 4. The van der Waals surface area contributed by atoms with Crippen molar-refractivity contribution in [2.45, 2.75) is 274 Å². The second kappa shape index (κ2) is 40.6. The number of esters is 2. The fourth-order valence-corrected chi connectivity index (χ4v) is 8.48. The smallest absolute Gasteiger partial charge is 0.306 e. The van der Waals surface area contributed by atoms with Crippen molar-refractivity contribution in [2.24, 2.45) is 0 Å². The first kappa shape index (κ1) is 62.1. The van der Waals surface area contributed by atoms with Crippen LogP contribution in [0.3, 0.4) is 0 Å². The maximum atomic E-state index is 13.0. The maximum Gasteiger partial charge on any atom is 0.306 e. The lowest BCUT2D eigenvalue weighted by Crippen LogP contribution is -2.61. The third-order valence-electron chi connectivity index (χ3n) is 12.9. The van der Waals surface area contributed by atoms with Gasteiger partial charge in [0, 0.05) is 12.8 Å². The van der Waals surface area contributed by atoms with Crippen molar-refractivity contribution < 1.29 is 73.8 Å². The van der Waals surface area contributed by atoms with Crippen molar-refractivity contribution in [1.29, 1.82) is 0 Å². The second-order valence-electron chi connectivity index (χ2n) is 19.1. The van der Waals surface area contributed by atoms with Gasteiger partial charge in [-0.25, -0.2) is 0 Å². The molecule has 2 aliphatic heterocycles. The molecule has 0 saturated carbocycles. The van der Waals surface area contributed by atoms with Crippen LogP contribution in [0, 0.1) is 0 Å². The molecule has 0 amide bonds. The van der Waals surface area contributed by atoms with Crippen molar-refractivity contribution in [3.05, 3.63) is 24.3 Å². The van der Waals surface area contributed by atoms with E-state index in [4.69, 9.17) is 28.4 Å². The summed E-state index contributed by atoms with van der Waals surface area (Å²) in [5.74, 6) is -0.932. The number of aliphatic hydroxyl groups is 7. The third kappa shape index (κ3) is 28.1. The van der Waals surface area contributed by atoms with Gasteiger partial charge in [-0.05, 0) is 44.9 Å². The summed E-state index contributed by atoms with van der Waals surface area (Å²) < 4.78 is 33.6. The van der Waals surface area contributed by atoms with Crippen molar-refractivity contribution in [3.8, 4) is 0 Å². The highest BCUT2D eigenvalue weighted by Gasteiger charge is 2.47. The zero-order valence-corrected chi connectivity index (χ0v) is 42.1. The van der Waals surface area contributed by atoms with Gasteiger partial charge in [-0.3, -0.25) is 9.59 Å². The molecule has 2 saturated heterocycles. The van der Waals surface area contributed by atoms with Gasteiger partial charge in [0.1, 0.15) is 55.4 Å². The summed E-state index contributed by atoms with van der Waals surface area (Å²) in [6.07, 6.45) is 24.8. The van der Waals surface area contributed by atoms with E-state index in [0.717, 1.165) is 64.2 Å². The quantitative estimate of drug-likeness (QED) is 0.0175. The normalized spacial score (nSPS) is 25.9. The Kier molecular flexibility index (Phi) is 37.0. The minimum absolute atomic E-state index is 0.152. The summed E-state index contributed by atoms with van der Waals surface area (Å²) in [6.45, 7) is 2.57. The number of hydrogen-bond acceptors (Lipinski definition) is 15. The molecule has 7 N–H and O–H groups in total. The van der Waals surface area contributed by atoms with Gasteiger partial charge in [0.15, 0.2) is 18.7 Å². The first-order valence-corrected chi connectivity index (χ1v) is 26.9. The molecule has 2 rings (SSSR count). The zero-order valence-electron chi connectivity index (χ0n) is 42.1. The van der Waals surface area contributed by atoms with Gasteiger partial charge in [-0.2, -0.15) is 0 Å². The van der Waals surface area contributed by atoms with Crippen LogP contribution < -0.4 is 0 Å². The van der Waals surface area contributed by atoms with Crippen LogP contribution in [0.1, 0.15) is 206 Å². The topological polar surface area (TPSA) is 231 Å². The van der Waals surface area contributed by atoms with Gasteiger partial charge < -0.3 is 64.2 Å². The largest absolute Gasteiger partial charge is 0.462 e. The van der Waals surface area contributed by atoms with Gasteiger partial charge in [-0.15, -0.1) is 0 Å². The Labute approximate surface area is 409 Å². The minimum Gasteiger partial charge on any atom is -0.462 e. The number of rotatable bonds is 42. The number of ether oxygens (including phenoxy) is 6. The van der Waals surface area contributed by atoms with Gasteiger partial charge in [0.05, 0.1) is 19.8 Å². The van der Waals surface area contributed by atoms with Crippen molar-refractivity contribution in [1.82, 2.24) is 0 Å². The Hall–Kier alpha value is -2.02. The summed E-state index contributed by atoms with van der Waals surface area (Å²) in [5.41, 5.74) is 0. The lowest BCUT2D eigenvalue weighted by molar-refractivity contribution is -0.332. The molecule has 2 fully saturated rings. The van der Waals surface area contributed by atoms with Crippen LogP contribution in [0.5, 0.6) is 0 Å². The molecule has 0 aliphatic carbocycles. The standard InChI is InChI=1S/C53H96O15/c1-3-5-7-9-11-13-15-17-19-20-22-23-25-27-29-31-33-35-44(55)63-38-41(66-45(56)36-34-32-30-28-26-24-21-18-16-14-12-10-8-6-4-2)39-64-52-51(62)49(60)47(58)43(68-52)40-65-53-50(61)48(59)46(57)42(37-54)67-53/h12,14,18,21,41-43,46-54,57-62H,3-11,13,15-17,19-20,22-40H2,1-2H3/b14-12-,21-18-. The average molecular weight is 973 g/mol. The van der Waals surface area contributed by atoms with E-state index < -0.39 is 92.7 Å². The lowest BCUT2D eigenvalue weighted by Gasteiger charge is -2.42. The molecule has 2 heterocycles. The van der Waals surface area contributed by atoms with Crippen LogP contribution in [-0.2, 0) is 38.0 Å². The average Bonchev–Trinajstić information content (AvgIpc) is 3.33. The van der Waals surface area contributed by atoms with Crippen LogP contribution >= 0.6 is 0 Å². The molecule has 15 nitrogen and oxygen atoms in total. The van der Waals surface area contributed by atoms with E-state index >= 15 is 0 Å². The van der Waals surface area contributed by atoms with Crippen molar-refractivity contribution in [2.75, 3.05) is 26.4 Å². The highest BCUT2D eigenvalue weighted by molar-refractivity contribution is 5.70. The number of hydrogen-bond donors (Lipinski definition) is 7. The summed E-state index contributed by atoms with van der Waals surface area (Å²) >= 11 is 0. The lowest BCUT2D eigenvalue weighted by atomic mass is 9.98.